The smallest absolute Gasteiger partial charge is 0.194 e. The molecule has 1 aliphatic rings. The maximum absolute atomic E-state index is 13.6. The number of rotatable bonds is 3. The summed E-state index contributed by atoms with van der Waals surface area (Å²) in [6, 6.07) is 1.18. The molecule has 100 valence electrons. The van der Waals surface area contributed by atoms with Crippen LogP contribution in [0.4, 0.5) is 13.2 Å². The molecule has 18 heavy (non-hydrogen) atoms. The van der Waals surface area contributed by atoms with E-state index < -0.39 is 29.6 Å². The first-order valence-electron chi connectivity index (χ1n) is 5.44. The van der Waals surface area contributed by atoms with Crippen LogP contribution >= 0.6 is 0 Å². The summed E-state index contributed by atoms with van der Waals surface area (Å²) in [7, 11) is 0. The number of hydrazine groups is 1. The Bertz CT molecular complexity index is 425. The van der Waals surface area contributed by atoms with Crippen molar-refractivity contribution in [1.82, 2.24) is 5.43 Å². The van der Waals surface area contributed by atoms with Gasteiger partial charge in [0.2, 0.25) is 0 Å². The first kappa shape index (κ1) is 13.3. The molecule has 3 N–H and O–H groups in total. The van der Waals surface area contributed by atoms with E-state index in [-0.39, 0.29) is 12.2 Å². The summed E-state index contributed by atoms with van der Waals surface area (Å²) < 4.78 is 50.2. The molecule has 4 nitrogen and oxygen atoms in total. The number of ether oxygens (including phenoxy) is 2. The van der Waals surface area contributed by atoms with Gasteiger partial charge in [-0.2, -0.15) is 0 Å². The van der Waals surface area contributed by atoms with E-state index in [0.717, 1.165) is 12.1 Å². The zero-order chi connectivity index (χ0) is 13.1. The number of nitrogens with one attached hydrogen (secondary N) is 1. The van der Waals surface area contributed by atoms with E-state index in [2.05, 4.69) is 5.43 Å². The van der Waals surface area contributed by atoms with Crippen molar-refractivity contribution in [3.63, 3.8) is 0 Å². The SMILES string of the molecule is NNC(c1ccc(F)c(F)c1F)C1COCCO1. The molecule has 0 aromatic heterocycles. The molecule has 1 saturated heterocycles. The largest absolute Gasteiger partial charge is 0.376 e. The Morgan fingerprint density at radius 3 is 2.61 bits per heavy atom. The molecule has 0 radical (unpaired) electrons. The van der Waals surface area contributed by atoms with Gasteiger partial charge in [-0.3, -0.25) is 11.3 Å². The monoisotopic (exact) mass is 262 g/mol. The summed E-state index contributed by atoms with van der Waals surface area (Å²) in [5.74, 6) is 1.29. The van der Waals surface area contributed by atoms with Gasteiger partial charge in [0.1, 0.15) is 6.10 Å². The van der Waals surface area contributed by atoms with Gasteiger partial charge in [-0.15, -0.1) is 0 Å². The average molecular weight is 262 g/mol. The lowest BCUT2D eigenvalue weighted by Gasteiger charge is -2.30. The Morgan fingerprint density at radius 1 is 1.22 bits per heavy atom. The van der Waals surface area contributed by atoms with Crippen molar-refractivity contribution in [2.75, 3.05) is 19.8 Å². The summed E-state index contributed by atoms with van der Waals surface area (Å²) >= 11 is 0. The second-order valence-electron chi connectivity index (χ2n) is 3.89. The van der Waals surface area contributed by atoms with Gasteiger partial charge in [-0.05, 0) is 6.07 Å². The third-order valence-corrected chi connectivity index (χ3v) is 2.79. The Kier molecular flexibility index (Phi) is 4.18. The van der Waals surface area contributed by atoms with Gasteiger partial charge < -0.3 is 9.47 Å². The lowest BCUT2D eigenvalue weighted by atomic mass is 10.0. The quantitative estimate of drug-likeness (QED) is 0.485. The minimum atomic E-state index is -1.52. The van der Waals surface area contributed by atoms with Gasteiger partial charge in [0.05, 0.1) is 25.9 Å². The van der Waals surface area contributed by atoms with Gasteiger partial charge in [-0.25, -0.2) is 13.2 Å². The Hall–Kier alpha value is -1.15. The molecule has 1 aliphatic heterocycles. The van der Waals surface area contributed by atoms with Gasteiger partial charge in [0, 0.05) is 5.56 Å². The standard InChI is InChI=1S/C11H13F3N2O2/c12-7-2-1-6(9(13)10(7)14)11(16-15)8-5-17-3-4-18-8/h1-2,8,11,16H,3-5,15H2. The predicted octanol–water partition coefficient (Wildman–Crippen LogP) is 1.02. The van der Waals surface area contributed by atoms with Crippen LogP contribution in [0.15, 0.2) is 12.1 Å². The van der Waals surface area contributed by atoms with Crippen LogP contribution in [0.25, 0.3) is 0 Å². The Labute approximate surface area is 102 Å². The molecule has 1 aromatic carbocycles. The fourth-order valence-electron chi connectivity index (χ4n) is 1.88. The van der Waals surface area contributed by atoms with Crippen LogP contribution in [-0.2, 0) is 9.47 Å². The number of halogens is 3. The third-order valence-electron chi connectivity index (χ3n) is 2.79. The first-order chi connectivity index (χ1) is 8.65. The Morgan fingerprint density at radius 2 is 2.00 bits per heavy atom. The molecule has 1 heterocycles. The summed E-state index contributed by atoms with van der Waals surface area (Å²) in [5.41, 5.74) is 2.25. The van der Waals surface area contributed by atoms with Crippen molar-refractivity contribution in [2.45, 2.75) is 12.1 Å². The molecule has 0 amide bonds. The molecule has 2 atom stereocenters. The van der Waals surface area contributed by atoms with E-state index in [1.54, 1.807) is 0 Å². The molecule has 0 saturated carbocycles. The number of hydrogen-bond acceptors (Lipinski definition) is 4. The molecular formula is C11H13F3N2O2. The van der Waals surface area contributed by atoms with Crippen LogP contribution in [0.2, 0.25) is 0 Å². The van der Waals surface area contributed by atoms with E-state index in [0.29, 0.717) is 13.2 Å². The lowest BCUT2D eigenvalue weighted by molar-refractivity contribution is -0.103. The van der Waals surface area contributed by atoms with E-state index in [1.807, 2.05) is 0 Å². The summed E-state index contributed by atoms with van der Waals surface area (Å²) in [6.07, 6.45) is -0.553. The fraction of sp³-hybridized carbons (Fsp3) is 0.455. The third kappa shape index (κ3) is 2.49. The summed E-state index contributed by atoms with van der Waals surface area (Å²) in [6.45, 7) is 0.982. The molecular weight excluding hydrogens is 249 g/mol. The maximum Gasteiger partial charge on any atom is 0.194 e. The van der Waals surface area contributed by atoms with Crippen molar-refractivity contribution < 1.29 is 22.6 Å². The molecule has 2 unspecified atom stereocenters. The van der Waals surface area contributed by atoms with Crippen LogP contribution in [0, 0.1) is 17.5 Å². The van der Waals surface area contributed by atoms with Gasteiger partial charge >= 0.3 is 0 Å². The van der Waals surface area contributed by atoms with Crippen molar-refractivity contribution >= 4 is 0 Å². The highest BCUT2D eigenvalue weighted by molar-refractivity contribution is 5.24. The maximum atomic E-state index is 13.6. The van der Waals surface area contributed by atoms with E-state index in [1.165, 1.54) is 0 Å². The first-order valence-corrected chi connectivity index (χ1v) is 5.44. The normalized spacial score (nSPS) is 21.9. The van der Waals surface area contributed by atoms with Crippen LogP contribution in [0.3, 0.4) is 0 Å². The minimum absolute atomic E-state index is 0.0908. The zero-order valence-corrected chi connectivity index (χ0v) is 9.46. The van der Waals surface area contributed by atoms with Crippen LogP contribution in [0.5, 0.6) is 0 Å². The number of benzene rings is 1. The van der Waals surface area contributed by atoms with Gasteiger partial charge in [0.15, 0.2) is 17.5 Å². The molecule has 1 fully saturated rings. The highest BCUT2D eigenvalue weighted by Gasteiger charge is 2.29. The van der Waals surface area contributed by atoms with E-state index >= 15 is 0 Å². The molecule has 2 rings (SSSR count). The minimum Gasteiger partial charge on any atom is -0.376 e. The Balaban J connectivity index is 2.29. The van der Waals surface area contributed by atoms with E-state index in [4.69, 9.17) is 15.3 Å². The second kappa shape index (κ2) is 5.66. The van der Waals surface area contributed by atoms with Crippen molar-refractivity contribution in [2.24, 2.45) is 5.84 Å². The van der Waals surface area contributed by atoms with Crippen molar-refractivity contribution in [1.29, 1.82) is 0 Å². The predicted molar refractivity (Wildman–Crippen MR) is 56.9 cm³/mol. The highest BCUT2D eigenvalue weighted by atomic mass is 19.2. The molecule has 0 aliphatic carbocycles. The average Bonchev–Trinajstić information content (AvgIpc) is 2.41. The molecule has 0 bridgehead atoms. The highest BCUT2D eigenvalue weighted by Crippen LogP contribution is 2.25. The second-order valence-corrected chi connectivity index (χ2v) is 3.89. The number of nitrogens with two attached hydrogens (primary N) is 1. The topological polar surface area (TPSA) is 56.5 Å². The van der Waals surface area contributed by atoms with Crippen molar-refractivity contribution in [3.8, 4) is 0 Å². The van der Waals surface area contributed by atoms with Crippen molar-refractivity contribution in [3.05, 3.63) is 35.1 Å². The van der Waals surface area contributed by atoms with Gasteiger partial charge in [0.25, 0.3) is 0 Å². The van der Waals surface area contributed by atoms with E-state index in [9.17, 15) is 13.2 Å². The van der Waals surface area contributed by atoms with Crippen LogP contribution < -0.4 is 11.3 Å². The molecule has 1 aromatic rings. The lowest BCUT2D eigenvalue weighted by Crippen LogP contribution is -2.43. The van der Waals surface area contributed by atoms with Crippen LogP contribution in [0.1, 0.15) is 11.6 Å². The summed E-state index contributed by atoms with van der Waals surface area (Å²) in [4.78, 5) is 0. The summed E-state index contributed by atoms with van der Waals surface area (Å²) in [5, 5.41) is 0. The zero-order valence-electron chi connectivity index (χ0n) is 9.46. The van der Waals surface area contributed by atoms with Gasteiger partial charge in [-0.1, -0.05) is 6.07 Å². The fourth-order valence-corrected chi connectivity index (χ4v) is 1.88. The number of hydrogen-bond donors (Lipinski definition) is 2. The molecule has 0 spiro atoms. The van der Waals surface area contributed by atoms with Crippen LogP contribution in [-0.4, -0.2) is 25.9 Å². The molecule has 7 heteroatoms.